The summed E-state index contributed by atoms with van der Waals surface area (Å²) in [6.45, 7) is 4.04. The molecule has 0 saturated carbocycles. The monoisotopic (exact) mass is 310 g/mol. The van der Waals surface area contributed by atoms with E-state index in [0.29, 0.717) is 6.42 Å². The van der Waals surface area contributed by atoms with Crippen LogP contribution in [0.15, 0.2) is 42.5 Å². The van der Waals surface area contributed by atoms with Gasteiger partial charge in [0.05, 0.1) is 12.1 Å². The van der Waals surface area contributed by atoms with Crippen LogP contribution in [-0.4, -0.2) is 17.2 Å². The summed E-state index contributed by atoms with van der Waals surface area (Å²) in [4.78, 5) is 12.4. The molecule has 0 bridgehead atoms. The molecule has 2 aromatic carbocycles. The highest BCUT2D eigenvalue weighted by Gasteiger charge is 2.31. The number of para-hydroxylation sites is 1. The first-order valence-corrected chi connectivity index (χ1v) is 8.02. The van der Waals surface area contributed by atoms with Crippen LogP contribution in [0.4, 0.5) is 10.5 Å². The minimum Gasteiger partial charge on any atom is -0.390 e. The van der Waals surface area contributed by atoms with Crippen molar-refractivity contribution >= 4 is 11.7 Å². The lowest BCUT2D eigenvalue weighted by Crippen LogP contribution is -2.37. The molecule has 1 aliphatic rings. The topological polar surface area (TPSA) is 61.4 Å². The second-order valence-electron chi connectivity index (χ2n) is 6.01. The Bertz CT molecular complexity index is 727. The molecular weight excluding hydrogens is 288 g/mol. The number of urea groups is 1. The van der Waals surface area contributed by atoms with Crippen LogP contribution in [0, 0.1) is 6.92 Å². The SMILES string of the molecule is CCc1cccc(C)c1NC(=O)N[C@H]1c2ccccc2C[C@H]1O. The fraction of sp³-hybridized carbons (Fsp3) is 0.316. The summed E-state index contributed by atoms with van der Waals surface area (Å²) in [7, 11) is 0. The third-order valence-corrected chi connectivity index (χ3v) is 4.47. The number of carbonyl (C=O) groups excluding carboxylic acids is 1. The van der Waals surface area contributed by atoms with E-state index in [1.807, 2.05) is 49.4 Å². The van der Waals surface area contributed by atoms with Gasteiger partial charge in [-0.1, -0.05) is 49.4 Å². The Morgan fingerprint density at radius 2 is 2.00 bits per heavy atom. The summed E-state index contributed by atoms with van der Waals surface area (Å²) < 4.78 is 0. The van der Waals surface area contributed by atoms with Crippen LogP contribution in [-0.2, 0) is 12.8 Å². The fourth-order valence-electron chi connectivity index (χ4n) is 3.24. The first-order valence-electron chi connectivity index (χ1n) is 8.02. The molecule has 2 atom stereocenters. The van der Waals surface area contributed by atoms with Crippen LogP contribution >= 0.6 is 0 Å². The molecule has 0 fully saturated rings. The maximum Gasteiger partial charge on any atom is 0.319 e. The Morgan fingerprint density at radius 1 is 1.22 bits per heavy atom. The second-order valence-corrected chi connectivity index (χ2v) is 6.01. The summed E-state index contributed by atoms with van der Waals surface area (Å²) in [6, 6.07) is 13.2. The van der Waals surface area contributed by atoms with Crippen molar-refractivity contribution in [2.24, 2.45) is 0 Å². The number of nitrogens with one attached hydrogen (secondary N) is 2. The van der Waals surface area contributed by atoms with Gasteiger partial charge in [-0.15, -0.1) is 0 Å². The van der Waals surface area contributed by atoms with E-state index >= 15 is 0 Å². The molecule has 0 unspecified atom stereocenters. The van der Waals surface area contributed by atoms with Crippen LogP contribution in [0.25, 0.3) is 0 Å². The van der Waals surface area contributed by atoms with Gasteiger partial charge in [-0.3, -0.25) is 0 Å². The molecule has 23 heavy (non-hydrogen) atoms. The quantitative estimate of drug-likeness (QED) is 0.814. The van der Waals surface area contributed by atoms with Gasteiger partial charge in [-0.05, 0) is 35.6 Å². The second kappa shape index (κ2) is 6.42. The van der Waals surface area contributed by atoms with E-state index in [0.717, 1.165) is 34.4 Å². The molecule has 0 aliphatic heterocycles. The van der Waals surface area contributed by atoms with Crippen molar-refractivity contribution in [2.45, 2.75) is 38.8 Å². The van der Waals surface area contributed by atoms with Crippen molar-refractivity contribution in [3.8, 4) is 0 Å². The molecular formula is C19H22N2O2. The Labute approximate surface area is 136 Å². The van der Waals surface area contributed by atoms with Crippen molar-refractivity contribution in [1.29, 1.82) is 0 Å². The summed E-state index contributed by atoms with van der Waals surface area (Å²) >= 11 is 0. The van der Waals surface area contributed by atoms with Crippen LogP contribution in [0.5, 0.6) is 0 Å². The van der Waals surface area contributed by atoms with Gasteiger partial charge in [0, 0.05) is 12.1 Å². The third-order valence-electron chi connectivity index (χ3n) is 4.47. The van der Waals surface area contributed by atoms with E-state index < -0.39 is 6.10 Å². The van der Waals surface area contributed by atoms with Crippen molar-refractivity contribution < 1.29 is 9.90 Å². The number of hydrogen-bond acceptors (Lipinski definition) is 2. The zero-order chi connectivity index (χ0) is 16.4. The molecule has 0 heterocycles. The van der Waals surface area contributed by atoms with Gasteiger partial charge in [-0.25, -0.2) is 4.79 Å². The number of fused-ring (bicyclic) bond motifs is 1. The number of rotatable bonds is 3. The van der Waals surface area contributed by atoms with Gasteiger partial charge in [0.2, 0.25) is 0 Å². The summed E-state index contributed by atoms with van der Waals surface area (Å²) in [5.74, 6) is 0. The molecule has 0 saturated heterocycles. The number of aliphatic hydroxyl groups excluding tert-OH is 1. The zero-order valence-electron chi connectivity index (χ0n) is 13.5. The van der Waals surface area contributed by atoms with Crippen LogP contribution in [0.2, 0.25) is 0 Å². The number of benzene rings is 2. The Kier molecular flexibility index (Phi) is 4.35. The van der Waals surface area contributed by atoms with Crippen molar-refractivity contribution in [1.82, 2.24) is 5.32 Å². The lowest BCUT2D eigenvalue weighted by atomic mass is 10.1. The molecule has 4 heteroatoms. The van der Waals surface area contributed by atoms with Crippen LogP contribution in [0.3, 0.4) is 0 Å². The Hall–Kier alpha value is -2.33. The van der Waals surface area contributed by atoms with Gasteiger partial charge >= 0.3 is 6.03 Å². The number of aryl methyl sites for hydroxylation is 2. The number of carbonyl (C=O) groups is 1. The minimum atomic E-state index is -0.583. The molecule has 0 aromatic heterocycles. The summed E-state index contributed by atoms with van der Waals surface area (Å²) in [6.07, 6.45) is 0.846. The normalized spacial score (nSPS) is 19.3. The summed E-state index contributed by atoms with van der Waals surface area (Å²) in [5, 5.41) is 16.1. The van der Waals surface area contributed by atoms with E-state index in [-0.39, 0.29) is 12.1 Å². The molecule has 3 rings (SSSR count). The molecule has 3 N–H and O–H groups in total. The van der Waals surface area contributed by atoms with E-state index in [4.69, 9.17) is 0 Å². The number of aliphatic hydroxyl groups is 1. The average molecular weight is 310 g/mol. The predicted molar refractivity (Wildman–Crippen MR) is 91.6 cm³/mol. The van der Waals surface area contributed by atoms with Gasteiger partial charge < -0.3 is 15.7 Å². The smallest absolute Gasteiger partial charge is 0.319 e. The average Bonchev–Trinajstić information content (AvgIpc) is 2.85. The number of anilines is 1. The van der Waals surface area contributed by atoms with Crippen LogP contribution in [0.1, 0.15) is 35.2 Å². The van der Waals surface area contributed by atoms with Gasteiger partial charge in [0.15, 0.2) is 0 Å². The maximum atomic E-state index is 12.4. The van der Waals surface area contributed by atoms with E-state index in [2.05, 4.69) is 17.6 Å². The molecule has 1 aliphatic carbocycles. The van der Waals surface area contributed by atoms with E-state index in [1.54, 1.807) is 0 Å². The first-order chi connectivity index (χ1) is 11.1. The van der Waals surface area contributed by atoms with E-state index in [9.17, 15) is 9.90 Å². The van der Waals surface area contributed by atoms with E-state index in [1.165, 1.54) is 0 Å². The molecule has 0 spiro atoms. The highest BCUT2D eigenvalue weighted by Crippen LogP contribution is 2.31. The van der Waals surface area contributed by atoms with Gasteiger partial charge in [0.1, 0.15) is 0 Å². The minimum absolute atomic E-state index is 0.283. The fourth-order valence-corrected chi connectivity index (χ4v) is 3.24. The van der Waals surface area contributed by atoms with Gasteiger partial charge in [-0.2, -0.15) is 0 Å². The van der Waals surface area contributed by atoms with Gasteiger partial charge in [0.25, 0.3) is 0 Å². The molecule has 2 aromatic rings. The number of amides is 2. The molecule has 0 radical (unpaired) electrons. The zero-order valence-corrected chi connectivity index (χ0v) is 13.5. The first kappa shape index (κ1) is 15.6. The molecule has 2 amide bonds. The maximum absolute atomic E-state index is 12.4. The van der Waals surface area contributed by atoms with Crippen LogP contribution < -0.4 is 10.6 Å². The molecule has 4 nitrogen and oxygen atoms in total. The summed E-state index contributed by atoms with van der Waals surface area (Å²) in [5.41, 5.74) is 5.08. The molecule has 120 valence electrons. The lowest BCUT2D eigenvalue weighted by Gasteiger charge is -2.20. The van der Waals surface area contributed by atoms with Crippen molar-refractivity contribution in [2.75, 3.05) is 5.32 Å². The highest BCUT2D eigenvalue weighted by molar-refractivity contribution is 5.91. The standard InChI is InChI=1S/C19H22N2O2/c1-3-13-9-6-7-12(2)17(13)20-19(23)21-18-15-10-5-4-8-14(15)11-16(18)22/h4-10,16,18,22H,3,11H2,1-2H3,(H2,20,21,23)/t16-,18+/m1/s1. The van der Waals surface area contributed by atoms with Crippen molar-refractivity contribution in [3.05, 3.63) is 64.7 Å². The lowest BCUT2D eigenvalue weighted by molar-refractivity contribution is 0.144. The predicted octanol–water partition coefficient (Wildman–Crippen LogP) is 3.34. The number of hydrogen-bond donors (Lipinski definition) is 3. The highest BCUT2D eigenvalue weighted by atomic mass is 16.3. The Balaban J connectivity index is 1.76. The Morgan fingerprint density at radius 3 is 2.78 bits per heavy atom. The largest absolute Gasteiger partial charge is 0.390 e. The van der Waals surface area contributed by atoms with Crippen molar-refractivity contribution in [3.63, 3.8) is 0 Å². The third kappa shape index (κ3) is 3.08.